The number of aromatic nitrogens is 2. The van der Waals surface area contributed by atoms with Crippen molar-refractivity contribution < 1.29 is 9.59 Å². The highest BCUT2D eigenvalue weighted by molar-refractivity contribution is 6.31. The predicted octanol–water partition coefficient (Wildman–Crippen LogP) is 4.84. The topological polar surface area (TPSA) is 61.7 Å². The van der Waals surface area contributed by atoms with Crippen LogP contribution < -0.4 is 4.90 Å². The van der Waals surface area contributed by atoms with Gasteiger partial charge in [0.05, 0.1) is 5.69 Å². The molecule has 35 heavy (non-hydrogen) atoms. The summed E-state index contributed by atoms with van der Waals surface area (Å²) in [7, 11) is 0. The summed E-state index contributed by atoms with van der Waals surface area (Å²) >= 11 is 6.40. The Balaban J connectivity index is 1.87. The molecule has 0 fully saturated rings. The van der Waals surface area contributed by atoms with E-state index in [1.165, 1.54) is 0 Å². The Labute approximate surface area is 215 Å². The van der Waals surface area contributed by atoms with E-state index in [-0.39, 0.29) is 17.7 Å². The van der Waals surface area contributed by atoms with Crippen molar-refractivity contribution in [3.05, 3.63) is 47.2 Å². The van der Waals surface area contributed by atoms with E-state index in [4.69, 9.17) is 11.6 Å². The molecule has 0 bridgehead atoms. The van der Waals surface area contributed by atoms with E-state index in [1.807, 2.05) is 44.9 Å². The number of fused-ring (bicyclic) bond motifs is 1. The zero-order valence-corrected chi connectivity index (χ0v) is 22.4. The van der Waals surface area contributed by atoms with Gasteiger partial charge in [-0.05, 0) is 56.4 Å². The first kappa shape index (κ1) is 27.2. The van der Waals surface area contributed by atoms with Gasteiger partial charge in [0.1, 0.15) is 0 Å². The minimum atomic E-state index is 0.107. The molecule has 0 aliphatic carbocycles. The lowest BCUT2D eigenvalue weighted by atomic mass is 10.1. The highest BCUT2D eigenvalue weighted by Crippen LogP contribution is 2.29. The molecule has 0 saturated heterocycles. The minimum Gasteiger partial charge on any atom is -0.337 e. The predicted molar refractivity (Wildman–Crippen MR) is 141 cm³/mol. The van der Waals surface area contributed by atoms with Crippen molar-refractivity contribution in [2.45, 2.75) is 72.5 Å². The number of rotatable bonds is 7. The van der Waals surface area contributed by atoms with Gasteiger partial charge in [-0.3, -0.25) is 19.2 Å². The fraction of sp³-hybridized carbons (Fsp3) is 0.593. The molecule has 0 atom stereocenters. The van der Waals surface area contributed by atoms with Crippen LogP contribution in [0.1, 0.15) is 58.9 Å². The first-order chi connectivity index (χ1) is 16.7. The zero-order chi connectivity index (χ0) is 25.4. The third-order valence-corrected chi connectivity index (χ3v) is 6.72. The van der Waals surface area contributed by atoms with Gasteiger partial charge >= 0.3 is 0 Å². The number of hydrogen-bond acceptors (Lipinski definition) is 4. The fourth-order valence-corrected chi connectivity index (χ4v) is 4.72. The third kappa shape index (κ3) is 8.07. The molecule has 0 N–H and O–H groups in total. The molecule has 2 amide bonds. The van der Waals surface area contributed by atoms with Crippen LogP contribution in [-0.2, 0) is 22.7 Å². The van der Waals surface area contributed by atoms with Crippen LogP contribution >= 0.6 is 11.6 Å². The van der Waals surface area contributed by atoms with Crippen molar-refractivity contribution in [1.82, 2.24) is 19.6 Å². The second-order valence-corrected chi connectivity index (χ2v) is 10.5. The summed E-state index contributed by atoms with van der Waals surface area (Å²) < 4.78 is 1.86. The van der Waals surface area contributed by atoms with Gasteiger partial charge in [-0.15, -0.1) is 0 Å². The number of amides is 2. The Morgan fingerprint density at radius 1 is 1.06 bits per heavy atom. The van der Waals surface area contributed by atoms with E-state index >= 15 is 0 Å². The van der Waals surface area contributed by atoms with Crippen LogP contribution in [0.25, 0.3) is 0 Å². The number of carbonyl (C=O) groups is 2. The number of carbonyl (C=O) groups excluding carboxylic acids is 2. The van der Waals surface area contributed by atoms with Crippen molar-refractivity contribution in [3.63, 3.8) is 0 Å². The van der Waals surface area contributed by atoms with Gasteiger partial charge in [0, 0.05) is 75.6 Å². The molecule has 2 aromatic rings. The van der Waals surface area contributed by atoms with Crippen molar-refractivity contribution in [2.75, 3.05) is 31.1 Å². The van der Waals surface area contributed by atoms with Crippen LogP contribution in [0.4, 0.5) is 5.69 Å². The molecule has 1 aliphatic heterocycles. The van der Waals surface area contributed by atoms with Crippen LogP contribution in [-0.4, -0.2) is 63.6 Å². The average Bonchev–Trinajstić information content (AvgIpc) is 3.30. The lowest BCUT2D eigenvalue weighted by molar-refractivity contribution is -0.132. The molecular formula is C27H40ClN5O2. The molecular weight excluding hydrogens is 462 g/mol. The number of nitrogens with zero attached hydrogens (tertiary/aromatic N) is 5. The molecule has 7 nitrogen and oxygen atoms in total. The fourth-order valence-electron chi connectivity index (χ4n) is 4.55. The largest absolute Gasteiger partial charge is 0.337 e. The molecule has 0 saturated carbocycles. The Morgan fingerprint density at radius 2 is 1.86 bits per heavy atom. The molecule has 2 heterocycles. The van der Waals surface area contributed by atoms with Crippen LogP contribution in [0.3, 0.4) is 0 Å². The number of halogens is 1. The Bertz CT molecular complexity index is 960. The summed E-state index contributed by atoms with van der Waals surface area (Å²) in [6.07, 6.45) is 6.21. The Morgan fingerprint density at radius 3 is 2.54 bits per heavy atom. The van der Waals surface area contributed by atoms with Gasteiger partial charge in [0.25, 0.3) is 0 Å². The van der Waals surface area contributed by atoms with E-state index in [0.717, 1.165) is 37.2 Å². The van der Waals surface area contributed by atoms with E-state index in [0.29, 0.717) is 50.1 Å². The molecule has 0 unspecified atom stereocenters. The van der Waals surface area contributed by atoms with E-state index in [1.54, 1.807) is 6.20 Å². The monoisotopic (exact) mass is 501 g/mol. The molecule has 0 spiro atoms. The van der Waals surface area contributed by atoms with Gasteiger partial charge < -0.3 is 9.80 Å². The molecule has 1 aliphatic rings. The van der Waals surface area contributed by atoms with E-state index in [9.17, 15) is 9.59 Å². The summed E-state index contributed by atoms with van der Waals surface area (Å²) in [5.41, 5.74) is 1.79. The maximum absolute atomic E-state index is 13.4. The maximum Gasteiger partial charge on any atom is 0.227 e. The summed E-state index contributed by atoms with van der Waals surface area (Å²) in [6, 6.07) is 7.96. The SMILES string of the molecule is CC(C)CC(=O)N1CCCN(C(C)C)CCN(C(=O)CCCn2cccn2)Cc2ccc(Cl)cc21. The average molecular weight is 502 g/mol. The molecule has 3 rings (SSSR count). The van der Waals surface area contributed by atoms with Gasteiger partial charge in [0.2, 0.25) is 11.8 Å². The summed E-state index contributed by atoms with van der Waals surface area (Å²) in [6.45, 7) is 12.7. The zero-order valence-electron chi connectivity index (χ0n) is 21.6. The first-order valence-electron chi connectivity index (χ1n) is 12.8. The normalized spacial score (nSPS) is 15.9. The minimum absolute atomic E-state index is 0.107. The van der Waals surface area contributed by atoms with Crippen molar-refractivity contribution >= 4 is 29.1 Å². The van der Waals surface area contributed by atoms with E-state index in [2.05, 4.69) is 37.7 Å². The maximum atomic E-state index is 13.4. The quantitative estimate of drug-likeness (QED) is 0.544. The third-order valence-electron chi connectivity index (χ3n) is 6.49. The molecule has 1 aromatic heterocycles. The number of hydrogen-bond donors (Lipinski definition) is 0. The highest BCUT2D eigenvalue weighted by atomic mass is 35.5. The second kappa shape index (κ2) is 13.1. The summed E-state index contributed by atoms with van der Waals surface area (Å²) in [4.78, 5) is 32.9. The van der Waals surface area contributed by atoms with Gasteiger partial charge in [0.15, 0.2) is 0 Å². The Hall–Kier alpha value is -2.38. The molecule has 1 aromatic carbocycles. The van der Waals surface area contributed by atoms with E-state index < -0.39 is 0 Å². The van der Waals surface area contributed by atoms with Gasteiger partial charge in [-0.2, -0.15) is 5.10 Å². The number of benzene rings is 1. The van der Waals surface area contributed by atoms with Gasteiger partial charge in [-0.25, -0.2) is 0 Å². The smallest absolute Gasteiger partial charge is 0.227 e. The molecule has 0 radical (unpaired) electrons. The number of anilines is 1. The molecule has 8 heteroatoms. The summed E-state index contributed by atoms with van der Waals surface area (Å²) in [5.74, 6) is 0.500. The molecule has 192 valence electrons. The van der Waals surface area contributed by atoms with Gasteiger partial charge in [-0.1, -0.05) is 31.5 Å². The highest BCUT2D eigenvalue weighted by Gasteiger charge is 2.25. The lowest BCUT2D eigenvalue weighted by Crippen LogP contribution is -2.41. The van der Waals surface area contributed by atoms with Crippen LogP contribution in [0.15, 0.2) is 36.7 Å². The second-order valence-electron chi connectivity index (χ2n) is 10.1. The van der Waals surface area contributed by atoms with Crippen molar-refractivity contribution in [3.8, 4) is 0 Å². The summed E-state index contributed by atoms with van der Waals surface area (Å²) in [5, 5.41) is 4.83. The van der Waals surface area contributed by atoms with Crippen LogP contribution in [0, 0.1) is 5.92 Å². The Kier molecular flexibility index (Phi) is 10.2. The lowest BCUT2D eigenvalue weighted by Gasteiger charge is -2.30. The number of aryl methyl sites for hydroxylation is 1. The standard InChI is InChI=1S/C27H40ClN5O2/c1-21(2)18-27(35)33-15-7-12-30(22(3)4)16-17-31(20-23-9-10-24(28)19-25(23)33)26(34)8-5-13-32-14-6-11-29-32/h6,9-11,14,19,21-22H,5,7-8,12-13,15-18,20H2,1-4H3. The van der Waals surface area contributed by atoms with Crippen molar-refractivity contribution in [1.29, 1.82) is 0 Å². The first-order valence-corrected chi connectivity index (χ1v) is 13.2. The van der Waals surface area contributed by atoms with Crippen molar-refractivity contribution in [2.24, 2.45) is 5.92 Å². The van der Waals surface area contributed by atoms with Crippen LogP contribution in [0.5, 0.6) is 0 Å². The van der Waals surface area contributed by atoms with Crippen LogP contribution in [0.2, 0.25) is 5.02 Å².